The molecule has 0 aromatic carbocycles. The van der Waals surface area contributed by atoms with E-state index >= 15 is 0 Å². The fourth-order valence-corrected chi connectivity index (χ4v) is 6.80. The van der Waals surface area contributed by atoms with E-state index in [0.29, 0.717) is 12.0 Å². The van der Waals surface area contributed by atoms with Gasteiger partial charge in [-0.3, -0.25) is 4.79 Å². The van der Waals surface area contributed by atoms with Gasteiger partial charge in [0.05, 0.1) is 8.89 Å². The first-order valence-electron chi connectivity index (χ1n) is 8.47. The van der Waals surface area contributed by atoms with Crippen LogP contribution in [0.3, 0.4) is 0 Å². The molecule has 4 unspecified atom stereocenters. The maximum Gasteiger partial charge on any atom is 0.261 e. The molecule has 4 rings (SSSR count). The Labute approximate surface area is 139 Å². The highest BCUT2D eigenvalue weighted by atomic mass is 32.2. The summed E-state index contributed by atoms with van der Waals surface area (Å²) in [5.74, 6) is 2.63. The minimum Gasteiger partial charge on any atom is -0.349 e. The van der Waals surface area contributed by atoms with Gasteiger partial charge in [-0.05, 0) is 62.5 Å². The molecule has 2 aliphatic rings. The van der Waals surface area contributed by atoms with E-state index < -0.39 is 0 Å². The molecule has 2 aromatic heterocycles. The van der Waals surface area contributed by atoms with Gasteiger partial charge in [-0.2, -0.15) is 0 Å². The fourth-order valence-electron chi connectivity index (χ4n) is 4.47. The second-order valence-corrected chi connectivity index (χ2v) is 9.47. The van der Waals surface area contributed by atoms with Gasteiger partial charge in [-0.25, -0.2) is 0 Å². The first-order valence-corrected chi connectivity index (χ1v) is 10.1. The molecule has 22 heavy (non-hydrogen) atoms. The van der Waals surface area contributed by atoms with Gasteiger partial charge in [0.15, 0.2) is 0 Å². The first-order chi connectivity index (χ1) is 10.6. The van der Waals surface area contributed by atoms with Crippen LogP contribution in [0.25, 0.3) is 9.40 Å². The minimum absolute atomic E-state index is 0.127. The van der Waals surface area contributed by atoms with E-state index in [2.05, 4.69) is 31.3 Å². The van der Waals surface area contributed by atoms with E-state index in [-0.39, 0.29) is 5.91 Å². The van der Waals surface area contributed by atoms with Crippen LogP contribution in [0.15, 0.2) is 12.1 Å². The number of hydrogen-bond donors (Lipinski definition) is 1. The number of fused-ring (bicyclic) bond motifs is 3. The lowest BCUT2D eigenvalue weighted by Gasteiger charge is -2.28. The van der Waals surface area contributed by atoms with Crippen molar-refractivity contribution >= 4 is 38.0 Å². The number of thiophene rings is 2. The van der Waals surface area contributed by atoms with Gasteiger partial charge in [-0.1, -0.05) is 13.3 Å². The van der Waals surface area contributed by atoms with Crippen molar-refractivity contribution in [2.75, 3.05) is 0 Å². The van der Waals surface area contributed by atoms with Crippen molar-refractivity contribution in [3.05, 3.63) is 21.9 Å². The predicted octanol–water partition coefficient (Wildman–Crippen LogP) is 5.08. The lowest BCUT2D eigenvalue weighted by molar-refractivity contribution is 0.0919. The fraction of sp³-hybridized carbons (Fsp3) is 0.611. The summed E-state index contributed by atoms with van der Waals surface area (Å²) in [4.78, 5) is 14.8. The Morgan fingerprint density at radius 1 is 1.32 bits per heavy atom. The molecule has 4 atom stereocenters. The van der Waals surface area contributed by atoms with E-state index in [1.54, 1.807) is 11.3 Å². The van der Waals surface area contributed by atoms with Crippen LogP contribution in [-0.2, 0) is 6.42 Å². The number of nitrogens with one attached hydrogen (secondary N) is 1. The van der Waals surface area contributed by atoms with Crippen LogP contribution < -0.4 is 5.32 Å². The Bertz CT molecular complexity index is 670. The van der Waals surface area contributed by atoms with E-state index in [0.717, 1.165) is 23.1 Å². The second kappa shape index (κ2) is 5.64. The van der Waals surface area contributed by atoms with Crippen LogP contribution >= 0.6 is 22.7 Å². The van der Waals surface area contributed by atoms with Crippen molar-refractivity contribution in [1.82, 2.24) is 5.32 Å². The van der Waals surface area contributed by atoms with Crippen LogP contribution in [0.4, 0.5) is 0 Å². The smallest absolute Gasteiger partial charge is 0.261 e. The number of hydrogen-bond acceptors (Lipinski definition) is 3. The number of rotatable bonds is 4. The lowest BCUT2D eigenvalue weighted by atomic mass is 9.84. The number of aryl methyl sites for hydroxylation is 1. The number of carbonyl (C=O) groups excluding carboxylic acids is 1. The normalized spacial score (nSPS) is 28.4. The van der Waals surface area contributed by atoms with Crippen LogP contribution in [-0.4, -0.2) is 11.9 Å². The highest BCUT2D eigenvalue weighted by Crippen LogP contribution is 2.49. The Morgan fingerprint density at radius 3 is 2.82 bits per heavy atom. The van der Waals surface area contributed by atoms with Crippen LogP contribution in [0.2, 0.25) is 0 Å². The molecule has 2 nitrogen and oxygen atoms in total. The number of amides is 1. The SMILES string of the molecule is CCc1cc2cc(C(=O)NC(C)C3CC4CCC3C4)sc2s1. The molecule has 2 fully saturated rings. The third-order valence-electron chi connectivity index (χ3n) is 5.63. The van der Waals surface area contributed by atoms with Crippen molar-refractivity contribution < 1.29 is 4.79 Å². The van der Waals surface area contributed by atoms with E-state index in [9.17, 15) is 4.79 Å². The Hall–Kier alpha value is -0.870. The van der Waals surface area contributed by atoms with Gasteiger partial charge in [0, 0.05) is 16.3 Å². The quantitative estimate of drug-likeness (QED) is 0.830. The molecule has 0 spiro atoms. The summed E-state index contributed by atoms with van der Waals surface area (Å²) in [5.41, 5.74) is 0. The third-order valence-corrected chi connectivity index (χ3v) is 8.17. The monoisotopic (exact) mass is 333 g/mol. The van der Waals surface area contributed by atoms with Crippen molar-refractivity contribution in [3.63, 3.8) is 0 Å². The molecule has 2 bridgehead atoms. The summed E-state index contributed by atoms with van der Waals surface area (Å²) in [6, 6.07) is 4.61. The molecule has 2 aromatic rings. The predicted molar refractivity (Wildman–Crippen MR) is 94.9 cm³/mol. The zero-order valence-electron chi connectivity index (χ0n) is 13.2. The molecule has 1 amide bonds. The van der Waals surface area contributed by atoms with Crippen LogP contribution in [0, 0.1) is 17.8 Å². The molecule has 1 N–H and O–H groups in total. The highest BCUT2D eigenvalue weighted by molar-refractivity contribution is 7.39. The summed E-state index contributed by atoms with van der Waals surface area (Å²) in [6.45, 7) is 4.38. The molecular weight excluding hydrogens is 310 g/mol. The summed E-state index contributed by atoms with van der Waals surface area (Å²) in [5, 5.41) is 4.52. The third kappa shape index (κ3) is 2.50. The van der Waals surface area contributed by atoms with Gasteiger partial charge in [-0.15, -0.1) is 22.7 Å². The maximum atomic E-state index is 12.5. The molecular formula is C18H23NOS2. The summed E-state index contributed by atoms with van der Waals surface area (Å²) < 4.78 is 1.29. The van der Waals surface area contributed by atoms with Crippen molar-refractivity contribution in [2.24, 2.45) is 17.8 Å². The van der Waals surface area contributed by atoms with Crippen molar-refractivity contribution in [3.8, 4) is 0 Å². The van der Waals surface area contributed by atoms with Gasteiger partial charge in [0.25, 0.3) is 5.91 Å². The van der Waals surface area contributed by atoms with Crippen molar-refractivity contribution in [2.45, 2.75) is 52.0 Å². The summed E-state index contributed by atoms with van der Waals surface area (Å²) in [6.07, 6.45) is 6.60. The molecule has 118 valence electrons. The largest absolute Gasteiger partial charge is 0.349 e. The van der Waals surface area contributed by atoms with Gasteiger partial charge in [0.1, 0.15) is 0 Å². The molecule has 4 heteroatoms. The molecule has 2 saturated carbocycles. The van der Waals surface area contributed by atoms with E-state index in [4.69, 9.17) is 0 Å². The Kier molecular flexibility index (Phi) is 3.77. The van der Waals surface area contributed by atoms with Crippen LogP contribution in [0.5, 0.6) is 0 Å². The zero-order valence-corrected chi connectivity index (χ0v) is 14.9. The summed E-state index contributed by atoms with van der Waals surface area (Å²) >= 11 is 3.48. The standard InChI is InChI=1S/C18H23NOS2/c1-3-14-8-13-9-16(22-18(13)21-14)17(20)19-10(2)15-7-11-4-5-12(15)6-11/h8-12,15H,3-7H2,1-2H3,(H,19,20). The Morgan fingerprint density at radius 2 is 2.18 bits per heavy atom. The maximum absolute atomic E-state index is 12.5. The van der Waals surface area contributed by atoms with Crippen LogP contribution in [0.1, 0.15) is 54.1 Å². The first kappa shape index (κ1) is 14.7. The van der Waals surface area contributed by atoms with Crippen molar-refractivity contribution in [1.29, 1.82) is 0 Å². The van der Waals surface area contributed by atoms with Gasteiger partial charge in [0.2, 0.25) is 0 Å². The minimum atomic E-state index is 0.127. The van der Waals surface area contributed by atoms with E-state index in [1.165, 1.54) is 40.0 Å². The van der Waals surface area contributed by atoms with Gasteiger partial charge >= 0.3 is 0 Å². The zero-order chi connectivity index (χ0) is 15.3. The lowest BCUT2D eigenvalue weighted by Crippen LogP contribution is -2.39. The summed E-state index contributed by atoms with van der Waals surface area (Å²) in [7, 11) is 0. The molecule has 0 saturated heterocycles. The van der Waals surface area contributed by atoms with Gasteiger partial charge < -0.3 is 5.32 Å². The average Bonchev–Trinajstić information content (AvgIpc) is 3.25. The number of carbonyl (C=O) groups is 1. The highest BCUT2D eigenvalue weighted by Gasteiger charge is 2.42. The Balaban J connectivity index is 1.45. The molecule has 2 aliphatic carbocycles. The molecule has 2 heterocycles. The second-order valence-electron chi connectivity index (χ2n) is 7.02. The molecule has 0 aliphatic heterocycles. The average molecular weight is 334 g/mol. The van der Waals surface area contributed by atoms with E-state index in [1.807, 2.05) is 11.3 Å². The topological polar surface area (TPSA) is 29.1 Å². The molecule has 0 radical (unpaired) electrons.